The number of rotatable bonds is 11. The molecule has 0 unspecified atom stereocenters. The molecule has 1 aliphatic rings. The number of amides is 3. The van der Waals surface area contributed by atoms with Crippen molar-refractivity contribution in [3.63, 3.8) is 0 Å². The second kappa shape index (κ2) is 12.8. The van der Waals surface area contributed by atoms with Crippen LogP contribution in [-0.4, -0.2) is 70.6 Å². The molecule has 1 aromatic carbocycles. The maximum atomic E-state index is 12.6. The molecule has 1 heterocycles. The van der Waals surface area contributed by atoms with Crippen LogP contribution < -0.4 is 22.1 Å². The number of piperidine rings is 1. The van der Waals surface area contributed by atoms with Crippen molar-refractivity contribution in [1.29, 1.82) is 0 Å². The van der Waals surface area contributed by atoms with Gasteiger partial charge in [0.1, 0.15) is 0 Å². The Morgan fingerprint density at radius 2 is 1.85 bits per heavy atom. The summed E-state index contributed by atoms with van der Waals surface area (Å²) in [5.74, 6) is -1.20. The average molecular weight is 476 g/mol. The van der Waals surface area contributed by atoms with E-state index >= 15 is 0 Å². The van der Waals surface area contributed by atoms with Gasteiger partial charge >= 0.3 is 0 Å². The van der Waals surface area contributed by atoms with Crippen LogP contribution in [0.15, 0.2) is 30.3 Å². The second-order valence-electron chi connectivity index (χ2n) is 10.3. The zero-order valence-corrected chi connectivity index (χ0v) is 20.6. The molecule has 1 aliphatic heterocycles. The monoisotopic (exact) mass is 475 g/mol. The minimum absolute atomic E-state index is 0.00884. The van der Waals surface area contributed by atoms with Gasteiger partial charge in [-0.2, -0.15) is 0 Å². The molecule has 0 spiro atoms. The summed E-state index contributed by atoms with van der Waals surface area (Å²) in [6, 6.07) is 7.88. The quantitative estimate of drug-likeness (QED) is 0.313. The van der Waals surface area contributed by atoms with Crippen LogP contribution in [0.5, 0.6) is 0 Å². The molecule has 9 nitrogen and oxygen atoms in total. The van der Waals surface area contributed by atoms with Crippen LogP contribution >= 0.6 is 0 Å². The summed E-state index contributed by atoms with van der Waals surface area (Å²) in [4.78, 5) is 38.4. The summed E-state index contributed by atoms with van der Waals surface area (Å²) in [6.07, 6.45) is 2.51. The minimum Gasteiger partial charge on any atom is -0.390 e. The van der Waals surface area contributed by atoms with Crippen molar-refractivity contribution in [2.24, 2.45) is 11.5 Å². The first-order chi connectivity index (χ1) is 15.9. The minimum atomic E-state index is -1.08. The summed E-state index contributed by atoms with van der Waals surface area (Å²) < 4.78 is 0. The highest BCUT2D eigenvalue weighted by atomic mass is 16.3. The van der Waals surface area contributed by atoms with Crippen molar-refractivity contribution in [3.05, 3.63) is 35.9 Å². The third kappa shape index (κ3) is 9.79. The topological polar surface area (TPSA) is 151 Å². The third-order valence-electron chi connectivity index (χ3n) is 5.95. The van der Waals surface area contributed by atoms with E-state index < -0.39 is 30.0 Å². The summed E-state index contributed by atoms with van der Waals surface area (Å²) in [6.45, 7) is 6.95. The van der Waals surface area contributed by atoms with Gasteiger partial charge < -0.3 is 27.2 Å². The number of benzene rings is 1. The van der Waals surface area contributed by atoms with Crippen LogP contribution in [-0.2, 0) is 20.8 Å². The van der Waals surface area contributed by atoms with Gasteiger partial charge in [0.25, 0.3) is 0 Å². The van der Waals surface area contributed by atoms with Crippen molar-refractivity contribution in [1.82, 2.24) is 15.5 Å². The van der Waals surface area contributed by atoms with Gasteiger partial charge in [0.2, 0.25) is 17.7 Å². The van der Waals surface area contributed by atoms with Gasteiger partial charge in [0.15, 0.2) is 0 Å². The molecule has 0 saturated carbocycles. The highest BCUT2D eigenvalue weighted by Crippen LogP contribution is 2.21. The van der Waals surface area contributed by atoms with Gasteiger partial charge in [-0.1, -0.05) is 36.8 Å². The van der Waals surface area contributed by atoms with Gasteiger partial charge in [-0.15, -0.1) is 0 Å². The van der Waals surface area contributed by atoms with E-state index in [1.807, 2.05) is 51.1 Å². The maximum Gasteiger partial charge on any atom is 0.237 e. The second-order valence-corrected chi connectivity index (χ2v) is 10.3. The van der Waals surface area contributed by atoms with Crippen LogP contribution in [0.1, 0.15) is 58.4 Å². The molecule has 34 heavy (non-hydrogen) atoms. The molecular formula is C25H41N5O4. The van der Waals surface area contributed by atoms with E-state index in [1.165, 1.54) is 0 Å². The number of aliphatic hydroxyl groups excluding tert-OH is 1. The average Bonchev–Trinajstić information content (AvgIpc) is 2.73. The molecule has 4 atom stereocenters. The fourth-order valence-corrected chi connectivity index (χ4v) is 4.33. The van der Waals surface area contributed by atoms with Crippen molar-refractivity contribution in [2.75, 3.05) is 13.1 Å². The van der Waals surface area contributed by atoms with Gasteiger partial charge in [-0.05, 0) is 52.1 Å². The molecule has 190 valence electrons. The van der Waals surface area contributed by atoms with Crippen molar-refractivity contribution >= 4 is 17.7 Å². The van der Waals surface area contributed by atoms with E-state index in [-0.39, 0.29) is 23.9 Å². The molecule has 0 bridgehead atoms. The van der Waals surface area contributed by atoms with E-state index in [0.29, 0.717) is 19.4 Å². The van der Waals surface area contributed by atoms with Crippen LogP contribution in [0.2, 0.25) is 0 Å². The largest absolute Gasteiger partial charge is 0.390 e. The fourth-order valence-electron chi connectivity index (χ4n) is 4.33. The fraction of sp³-hybridized carbons (Fsp3) is 0.640. The molecule has 1 saturated heterocycles. The molecular weight excluding hydrogens is 434 g/mol. The van der Waals surface area contributed by atoms with E-state index in [9.17, 15) is 19.5 Å². The summed E-state index contributed by atoms with van der Waals surface area (Å²) in [5.41, 5.74) is 11.6. The van der Waals surface area contributed by atoms with Gasteiger partial charge in [0.05, 0.1) is 24.6 Å². The first kappa shape index (κ1) is 27.8. The molecule has 0 aliphatic carbocycles. The Hall–Kier alpha value is -2.49. The molecule has 1 fully saturated rings. The summed E-state index contributed by atoms with van der Waals surface area (Å²) in [7, 11) is 0. The Kier molecular flexibility index (Phi) is 10.5. The zero-order chi connectivity index (χ0) is 25.3. The first-order valence-corrected chi connectivity index (χ1v) is 12.1. The number of aliphatic hydroxyl groups is 1. The number of nitrogens with one attached hydrogen (secondary N) is 2. The lowest BCUT2D eigenvalue weighted by Gasteiger charge is -2.38. The summed E-state index contributed by atoms with van der Waals surface area (Å²) in [5, 5.41) is 17.0. The number of hydrogen-bond acceptors (Lipinski definition) is 6. The Morgan fingerprint density at radius 1 is 1.18 bits per heavy atom. The first-order valence-electron chi connectivity index (χ1n) is 12.1. The summed E-state index contributed by atoms with van der Waals surface area (Å²) >= 11 is 0. The lowest BCUT2D eigenvalue weighted by Crippen LogP contribution is -2.55. The Labute approximate surface area is 202 Å². The van der Waals surface area contributed by atoms with Gasteiger partial charge in [0, 0.05) is 24.5 Å². The van der Waals surface area contributed by atoms with Crippen molar-refractivity contribution in [2.45, 2.75) is 89.1 Å². The Balaban J connectivity index is 2.10. The zero-order valence-electron chi connectivity index (χ0n) is 20.6. The smallest absolute Gasteiger partial charge is 0.237 e. The number of hydrogen-bond donors (Lipinski definition) is 5. The molecule has 2 rings (SSSR count). The van der Waals surface area contributed by atoms with Crippen LogP contribution in [0, 0.1) is 0 Å². The molecule has 0 aromatic heterocycles. The number of carbonyl (C=O) groups excluding carboxylic acids is 3. The van der Waals surface area contributed by atoms with Gasteiger partial charge in [-0.25, -0.2) is 0 Å². The van der Waals surface area contributed by atoms with E-state index in [2.05, 4.69) is 15.5 Å². The lowest BCUT2D eigenvalue weighted by atomic mass is 9.95. The van der Waals surface area contributed by atoms with Crippen LogP contribution in [0.25, 0.3) is 0 Å². The van der Waals surface area contributed by atoms with E-state index in [0.717, 1.165) is 31.4 Å². The molecule has 3 amide bonds. The highest BCUT2D eigenvalue weighted by Gasteiger charge is 2.31. The Morgan fingerprint density at radius 3 is 2.47 bits per heavy atom. The predicted octanol–water partition coefficient (Wildman–Crippen LogP) is 0.437. The number of carbonyl (C=O) groups is 3. The molecule has 0 radical (unpaired) electrons. The van der Waals surface area contributed by atoms with Crippen molar-refractivity contribution in [3.8, 4) is 0 Å². The normalized spacial score (nSPS) is 19.6. The number of primary amides is 1. The predicted molar refractivity (Wildman–Crippen MR) is 132 cm³/mol. The molecule has 9 heteroatoms. The number of nitrogens with two attached hydrogens (primary N) is 2. The number of β-amino-alcohol motifs (C(OH)–C–C–N with tert-alkyl or cyclic N) is 1. The lowest BCUT2D eigenvalue weighted by molar-refractivity contribution is -0.127. The number of likely N-dealkylation sites (tertiary alicyclic amines) is 1. The third-order valence-corrected chi connectivity index (χ3v) is 5.95. The van der Waals surface area contributed by atoms with E-state index in [1.54, 1.807) is 0 Å². The van der Waals surface area contributed by atoms with Crippen LogP contribution in [0.4, 0.5) is 0 Å². The highest BCUT2D eigenvalue weighted by molar-refractivity contribution is 5.87. The standard InChI is InChI=1S/C25H41N5O4/c1-25(2,3)29-23(33)14-18-11-7-8-12-30(18)16-21(31)20(13-17-9-5-4-6-10-17)28-24(34)19(26)15-22(27)32/h4-6,9-10,18-21,31H,7-8,11-16,26H2,1-3H3,(H2,27,32)(H,28,34)(H,29,33)/t18-,19-,20-,21+/m0/s1. The number of nitrogens with zero attached hydrogens (tertiary/aromatic N) is 1. The Bertz CT molecular complexity index is 811. The van der Waals surface area contributed by atoms with Gasteiger partial charge in [-0.3, -0.25) is 19.3 Å². The SMILES string of the molecule is CC(C)(C)NC(=O)C[C@@H]1CCCCN1C[C@@H](O)[C@H](Cc1ccccc1)NC(=O)[C@@H](N)CC(N)=O. The molecule has 7 N–H and O–H groups in total. The van der Waals surface area contributed by atoms with Crippen LogP contribution in [0.3, 0.4) is 0 Å². The molecule has 1 aromatic rings. The van der Waals surface area contributed by atoms with Crippen molar-refractivity contribution < 1.29 is 19.5 Å². The van der Waals surface area contributed by atoms with E-state index in [4.69, 9.17) is 11.5 Å². The maximum absolute atomic E-state index is 12.6.